The monoisotopic (exact) mass is 1020 g/mol. The van der Waals surface area contributed by atoms with Crippen molar-refractivity contribution in [1.82, 2.24) is 0 Å². The number of rotatable bonds is 5. The smallest absolute Gasteiger partial charge is 0.117 e. The molecule has 0 radical (unpaired) electrons. The van der Waals surface area contributed by atoms with Crippen molar-refractivity contribution in [2.24, 2.45) is 0 Å². The third-order valence-corrected chi connectivity index (χ3v) is 25.1. The van der Waals surface area contributed by atoms with Gasteiger partial charge in [-0.25, -0.2) is 0 Å². The van der Waals surface area contributed by atoms with Gasteiger partial charge in [0.25, 0.3) is 0 Å². The van der Waals surface area contributed by atoms with E-state index in [4.69, 9.17) is 0 Å². The van der Waals surface area contributed by atoms with Crippen LogP contribution in [0.2, 0.25) is 26.2 Å². The molecule has 4 heteroatoms. The molecule has 368 valence electrons. The molecule has 15 rings (SSSR count). The SMILES string of the molecule is CC1(C)c2ccccc2-c2ccc(-c3c4cc(N5c6ccccc6[Si](C)(C)c6ccccc65)ccc4c(-c4cc5ccccc5cc4-c4ccccc4)c4cc(N5c6ccccc6[Si](C)(C)c6ccccc65)ccc34)cc21. The van der Waals surface area contributed by atoms with Crippen LogP contribution in [0.3, 0.4) is 0 Å². The molecule has 12 aromatic rings. The standard InChI is InChI=1S/C73H58N2Si2/c1-73(2)61-27-13-12-26-53(61)54-39-36-50(44-62(54)73)71-55-40-37-52(75-65-30-16-20-34-69(65)77(5,6)70-35-21-17-31-66(70)75)46-60(55)72(58-43-49-25-11-10-24-48(49)42-57(58)47-22-8-7-9-23-47)56-41-38-51(45-59(56)71)74-63-28-14-18-32-67(63)76(3,4)68-33-19-15-29-64(68)74/h7-46H,1-6H3. The van der Waals surface area contributed by atoms with Gasteiger partial charge in [-0.3, -0.25) is 0 Å². The largest absolute Gasteiger partial charge is 0.311 e. The first kappa shape index (κ1) is 45.8. The van der Waals surface area contributed by atoms with Crippen LogP contribution < -0.4 is 30.5 Å². The lowest BCUT2D eigenvalue weighted by Crippen LogP contribution is -2.58. The van der Waals surface area contributed by atoms with Gasteiger partial charge in [-0.2, -0.15) is 0 Å². The van der Waals surface area contributed by atoms with Gasteiger partial charge in [0, 0.05) is 39.5 Å². The molecule has 0 saturated heterocycles. The van der Waals surface area contributed by atoms with Crippen LogP contribution in [0.4, 0.5) is 34.1 Å². The van der Waals surface area contributed by atoms with Crippen molar-refractivity contribution in [3.63, 3.8) is 0 Å². The van der Waals surface area contributed by atoms with Crippen molar-refractivity contribution < 1.29 is 0 Å². The zero-order valence-electron chi connectivity index (χ0n) is 44.5. The molecule has 0 N–H and O–H groups in total. The molecular weight excluding hydrogens is 961 g/mol. The van der Waals surface area contributed by atoms with Crippen molar-refractivity contribution >= 4 is 103 Å². The van der Waals surface area contributed by atoms with Gasteiger partial charge >= 0.3 is 0 Å². The Hall–Kier alpha value is -8.55. The minimum atomic E-state index is -2.04. The van der Waals surface area contributed by atoms with E-state index in [-0.39, 0.29) is 5.41 Å². The average Bonchev–Trinajstić information content (AvgIpc) is 3.84. The summed E-state index contributed by atoms with van der Waals surface area (Å²) in [5, 5.41) is 13.2. The molecule has 2 aliphatic heterocycles. The van der Waals surface area contributed by atoms with E-state index in [9.17, 15) is 0 Å². The maximum Gasteiger partial charge on any atom is 0.117 e. The number of hydrogen-bond donors (Lipinski definition) is 0. The third-order valence-electron chi connectivity index (χ3n) is 18.0. The van der Waals surface area contributed by atoms with E-state index in [1.54, 1.807) is 0 Å². The molecule has 0 bridgehead atoms. The Kier molecular flexibility index (Phi) is 9.95. The van der Waals surface area contributed by atoms with Crippen molar-refractivity contribution in [3.8, 4) is 44.5 Å². The second-order valence-corrected chi connectivity index (χ2v) is 31.9. The van der Waals surface area contributed by atoms with E-state index in [1.165, 1.54) is 131 Å². The van der Waals surface area contributed by atoms with Crippen LogP contribution in [0.15, 0.2) is 243 Å². The molecule has 2 heterocycles. The van der Waals surface area contributed by atoms with E-state index in [0.29, 0.717) is 0 Å². The van der Waals surface area contributed by atoms with Crippen LogP contribution in [-0.2, 0) is 5.41 Å². The van der Waals surface area contributed by atoms with Crippen LogP contribution in [0.25, 0.3) is 76.8 Å². The predicted molar refractivity (Wildman–Crippen MR) is 336 cm³/mol. The Morgan fingerprint density at radius 3 is 1.27 bits per heavy atom. The second-order valence-electron chi connectivity index (χ2n) is 23.2. The molecule has 0 aromatic heterocycles. The zero-order chi connectivity index (χ0) is 52.0. The first-order chi connectivity index (χ1) is 37.5. The lowest BCUT2D eigenvalue weighted by molar-refractivity contribution is 0.660. The lowest BCUT2D eigenvalue weighted by Gasteiger charge is -2.41. The van der Waals surface area contributed by atoms with Crippen molar-refractivity contribution in [3.05, 3.63) is 254 Å². The molecule has 0 saturated carbocycles. The molecular formula is C73H58N2Si2. The lowest BCUT2D eigenvalue weighted by atomic mass is 9.79. The Balaban J connectivity index is 1.10. The summed E-state index contributed by atoms with van der Waals surface area (Å²) < 4.78 is 0. The number of nitrogens with zero attached hydrogens (tertiary/aromatic N) is 2. The number of anilines is 6. The van der Waals surface area contributed by atoms with E-state index in [0.717, 1.165) is 11.4 Å². The summed E-state index contributed by atoms with van der Waals surface area (Å²) >= 11 is 0. The Morgan fingerprint density at radius 1 is 0.299 bits per heavy atom. The van der Waals surface area contributed by atoms with Gasteiger partial charge in [0.05, 0.1) is 0 Å². The Bertz CT molecular complexity index is 4350. The van der Waals surface area contributed by atoms with Gasteiger partial charge in [-0.15, -0.1) is 0 Å². The van der Waals surface area contributed by atoms with E-state index < -0.39 is 16.1 Å². The molecule has 77 heavy (non-hydrogen) atoms. The number of benzene rings is 12. The highest BCUT2D eigenvalue weighted by Crippen LogP contribution is 2.54. The topological polar surface area (TPSA) is 6.48 Å². The summed E-state index contributed by atoms with van der Waals surface area (Å²) in [6, 6.07) is 92.8. The van der Waals surface area contributed by atoms with Gasteiger partial charge in [0.2, 0.25) is 0 Å². The van der Waals surface area contributed by atoms with Crippen molar-refractivity contribution in [1.29, 1.82) is 0 Å². The van der Waals surface area contributed by atoms with E-state index in [2.05, 4.69) is 292 Å². The first-order valence-electron chi connectivity index (χ1n) is 27.3. The highest BCUT2D eigenvalue weighted by atomic mass is 28.3. The van der Waals surface area contributed by atoms with Crippen LogP contribution in [0.1, 0.15) is 25.0 Å². The van der Waals surface area contributed by atoms with Gasteiger partial charge in [-0.05, 0) is 175 Å². The summed E-state index contributed by atoms with van der Waals surface area (Å²) in [5.41, 5.74) is 20.0. The van der Waals surface area contributed by atoms with E-state index >= 15 is 0 Å². The van der Waals surface area contributed by atoms with E-state index in [1.807, 2.05) is 0 Å². The van der Waals surface area contributed by atoms with Crippen molar-refractivity contribution in [2.45, 2.75) is 45.5 Å². The Morgan fingerprint density at radius 2 is 0.727 bits per heavy atom. The molecule has 1 aliphatic carbocycles. The zero-order valence-corrected chi connectivity index (χ0v) is 46.5. The number of para-hydroxylation sites is 4. The maximum atomic E-state index is 2.56. The molecule has 3 aliphatic rings. The van der Waals surface area contributed by atoms with Crippen molar-refractivity contribution in [2.75, 3.05) is 9.80 Å². The maximum absolute atomic E-state index is 2.56. The highest BCUT2D eigenvalue weighted by Gasteiger charge is 2.41. The molecule has 0 amide bonds. The minimum absolute atomic E-state index is 0.175. The summed E-state index contributed by atoms with van der Waals surface area (Å²) in [6.45, 7) is 14.9. The molecule has 2 nitrogen and oxygen atoms in total. The fourth-order valence-corrected chi connectivity index (χ4v) is 20.1. The molecule has 12 aromatic carbocycles. The highest BCUT2D eigenvalue weighted by molar-refractivity contribution is 7.03. The summed E-state index contributed by atoms with van der Waals surface area (Å²) in [6.07, 6.45) is 0. The normalized spacial score (nSPS) is 15.1. The fraction of sp³-hybridized carbons (Fsp3) is 0.0959. The molecule has 0 spiro atoms. The molecule has 0 unspecified atom stereocenters. The molecule has 0 fully saturated rings. The first-order valence-corrected chi connectivity index (χ1v) is 33.3. The minimum Gasteiger partial charge on any atom is -0.311 e. The fourth-order valence-electron chi connectivity index (χ4n) is 14.1. The van der Waals surface area contributed by atoms with Crippen LogP contribution in [0.5, 0.6) is 0 Å². The van der Waals surface area contributed by atoms with Gasteiger partial charge in [0.15, 0.2) is 0 Å². The summed E-state index contributed by atoms with van der Waals surface area (Å²) in [4.78, 5) is 5.12. The van der Waals surface area contributed by atoms with Crippen LogP contribution >= 0.6 is 0 Å². The second kappa shape index (κ2) is 16.7. The van der Waals surface area contributed by atoms with Crippen LogP contribution in [-0.4, -0.2) is 16.1 Å². The number of fused-ring (bicyclic) bond motifs is 10. The number of hydrogen-bond acceptors (Lipinski definition) is 2. The Labute approximate surface area is 454 Å². The van der Waals surface area contributed by atoms with Gasteiger partial charge in [-0.1, -0.05) is 216 Å². The quantitative estimate of drug-likeness (QED) is 0.125. The average molecular weight is 1020 g/mol. The summed E-state index contributed by atoms with van der Waals surface area (Å²) in [7, 11) is -4.08. The third kappa shape index (κ3) is 6.65. The molecule has 0 atom stereocenters. The predicted octanol–water partition coefficient (Wildman–Crippen LogP) is 17.7. The summed E-state index contributed by atoms with van der Waals surface area (Å²) in [5.74, 6) is 0. The van der Waals surface area contributed by atoms with Gasteiger partial charge in [0.1, 0.15) is 16.1 Å². The van der Waals surface area contributed by atoms with Gasteiger partial charge < -0.3 is 9.80 Å². The van der Waals surface area contributed by atoms with Crippen LogP contribution in [0, 0.1) is 0 Å².